The van der Waals surface area contributed by atoms with E-state index in [2.05, 4.69) is 36.4 Å². The Morgan fingerprint density at radius 2 is 2.06 bits per heavy atom. The molecule has 1 saturated carbocycles. The van der Waals surface area contributed by atoms with Crippen molar-refractivity contribution in [2.45, 2.75) is 46.1 Å². The zero-order chi connectivity index (χ0) is 13.8. The Morgan fingerprint density at radius 1 is 1.39 bits per heavy atom. The minimum atomic E-state index is -0.171. The molecule has 2 atom stereocenters. The summed E-state index contributed by atoms with van der Waals surface area (Å²) in [6, 6.07) is -0.155. The summed E-state index contributed by atoms with van der Waals surface area (Å²) >= 11 is 0. The number of isocyanates is 1. The average Bonchev–Trinajstić information content (AvgIpc) is 2.23. The third-order valence-corrected chi connectivity index (χ3v) is 3.56. The van der Waals surface area contributed by atoms with Crippen molar-refractivity contribution in [2.24, 2.45) is 15.8 Å². The van der Waals surface area contributed by atoms with Crippen LogP contribution in [0, 0.1) is 10.8 Å². The number of nitrogens with zero attached hydrogens (tertiary/aromatic N) is 1. The molecule has 1 aliphatic rings. The molecule has 0 bridgehead atoms. The van der Waals surface area contributed by atoms with E-state index in [1.54, 1.807) is 13.1 Å². The summed E-state index contributed by atoms with van der Waals surface area (Å²) in [6.07, 6.45) is 4.39. The SMILES string of the molecule is CNC(=O)NCC1(C)CC(N=C=O)CC(C)(C)C1. The summed E-state index contributed by atoms with van der Waals surface area (Å²) in [5, 5.41) is 5.40. The van der Waals surface area contributed by atoms with Crippen molar-refractivity contribution in [3.8, 4) is 0 Å². The molecule has 1 aliphatic carbocycles. The fourth-order valence-corrected chi connectivity index (χ4v) is 3.26. The first-order valence-electron chi connectivity index (χ1n) is 6.33. The molecule has 18 heavy (non-hydrogen) atoms. The molecule has 0 aliphatic heterocycles. The van der Waals surface area contributed by atoms with Gasteiger partial charge in [0.1, 0.15) is 0 Å². The van der Waals surface area contributed by atoms with Gasteiger partial charge in [0.15, 0.2) is 0 Å². The van der Waals surface area contributed by atoms with Crippen molar-refractivity contribution in [3.63, 3.8) is 0 Å². The van der Waals surface area contributed by atoms with Crippen molar-refractivity contribution < 1.29 is 9.59 Å². The zero-order valence-corrected chi connectivity index (χ0v) is 11.7. The molecule has 0 aromatic rings. The van der Waals surface area contributed by atoms with Gasteiger partial charge in [0.05, 0.1) is 6.04 Å². The van der Waals surface area contributed by atoms with E-state index in [1.165, 1.54) is 0 Å². The molecule has 0 heterocycles. The fourth-order valence-electron chi connectivity index (χ4n) is 3.26. The third-order valence-electron chi connectivity index (χ3n) is 3.56. The normalized spacial score (nSPS) is 30.1. The molecule has 2 N–H and O–H groups in total. The molecule has 1 fully saturated rings. The molecule has 0 aromatic carbocycles. The van der Waals surface area contributed by atoms with Crippen LogP contribution >= 0.6 is 0 Å². The van der Waals surface area contributed by atoms with E-state index in [4.69, 9.17) is 0 Å². The molecule has 5 heteroatoms. The van der Waals surface area contributed by atoms with Gasteiger partial charge in [-0.05, 0) is 30.1 Å². The van der Waals surface area contributed by atoms with Crippen LogP contribution in [0.5, 0.6) is 0 Å². The molecule has 0 aromatic heterocycles. The number of hydrogen-bond donors (Lipinski definition) is 2. The molecule has 0 saturated heterocycles. The summed E-state index contributed by atoms with van der Waals surface area (Å²) < 4.78 is 0. The molecule has 102 valence electrons. The second-order valence-electron chi connectivity index (χ2n) is 6.37. The van der Waals surface area contributed by atoms with Gasteiger partial charge in [-0.1, -0.05) is 20.8 Å². The number of rotatable bonds is 3. The van der Waals surface area contributed by atoms with Gasteiger partial charge in [0.2, 0.25) is 6.08 Å². The maximum absolute atomic E-state index is 11.3. The maximum Gasteiger partial charge on any atom is 0.314 e. The van der Waals surface area contributed by atoms with Crippen LogP contribution in [0.25, 0.3) is 0 Å². The van der Waals surface area contributed by atoms with Crippen LogP contribution in [0.3, 0.4) is 0 Å². The lowest BCUT2D eigenvalue weighted by atomic mass is 9.63. The van der Waals surface area contributed by atoms with Crippen LogP contribution < -0.4 is 10.6 Å². The zero-order valence-electron chi connectivity index (χ0n) is 11.7. The Bertz CT molecular complexity index is 361. The van der Waals surface area contributed by atoms with Crippen molar-refractivity contribution in [3.05, 3.63) is 0 Å². The van der Waals surface area contributed by atoms with Crippen LogP contribution in [0.1, 0.15) is 40.0 Å². The third kappa shape index (κ3) is 4.15. The van der Waals surface area contributed by atoms with Gasteiger partial charge in [-0.2, -0.15) is 0 Å². The molecule has 2 amide bonds. The number of amides is 2. The summed E-state index contributed by atoms with van der Waals surface area (Å²) in [6.45, 7) is 7.09. The largest absolute Gasteiger partial charge is 0.341 e. The highest BCUT2D eigenvalue weighted by Crippen LogP contribution is 2.46. The van der Waals surface area contributed by atoms with E-state index < -0.39 is 0 Å². The monoisotopic (exact) mass is 253 g/mol. The van der Waals surface area contributed by atoms with Gasteiger partial charge in [0.25, 0.3) is 0 Å². The number of aliphatic imine (C=N–C) groups is 1. The molecule has 1 rings (SSSR count). The van der Waals surface area contributed by atoms with Crippen molar-refractivity contribution in [1.29, 1.82) is 0 Å². The highest BCUT2D eigenvalue weighted by Gasteiger charge is 2.41. The van der Waals surface area contributed by atoms with Gasteiger partial charge in [-0.25, -0.2) is 14.6 Å². The van der Waals surface area contributed by atoms with E-state index in [9.17, 15) is 9.59 Å². The van der Waals surface area contributed by atoms with Gasteiger partial charge in [0, 0.05) is 13.6 Å². The lowest BCUT2D eigenvalue weighted by Gasteiger charge is -2.45. The standard InChI is InChI=1S/C13H23N3O2/c1-12(2)5-10(16-9-17)6-13(3,7-12)8-15-11(18)14-4/h10H,5-8H2,1-4H3,(H2,14,15,18). The number of hydrogen-bond acceptors (Lipinski definition) is 3. The Balaban J connectivity index is 2.72. The maximum atomic E-state index is 11.3. The average molecular weight is 253 g/mol. The summed E-state index contributed by atoms with van der Waals surface area (Å²) in [5.41, 5.74) is 0.0989. The summed E-state index contributed by atoms with van der Waals surface area (Å²) in [7, 11) is 1.60. The van der Waals surface area contributed by atoms with Gasteiger partial charge in [-0.15, -0.1) is 0 Å². The van der Waals surface area contributed by atoms with E-state index in [1.807, 2.05) is 0 Å². The first-order valence-corrected chi connectivity index (χ1v) is 6.33. The minimum absolute atomic E-state index is 0.0164. The van der Waals surface area contributed by atoms with Gasteiger partial charge < -0.3 is 10.6 Å². The quantitative estimate of drug-likeness (QED) is 0.595. The number of urea groups is 1. The lowest BCUT2D eigenvalue weighted by molar-refractivity contribution is 0.0851. The van der Waals surface area contributed by atoms with E-state index >= 15 is 0 Å². The number of nitrogens with one attached hydrogen (secondary N) is 2. The second kappa shape index (κ2) is 5.53. The Labute approximate surface area is 108 Å². The predicted molar refractivity (Wildman–Crippen MR) is 70.1 cm³/mol. The highest BCUT2D eigenvalue weighted by atomic mass is 16.2. The van der Waals surface area contributed by atoms with Crippen LogP contribution in [0.2, 0.25) is 0 Å². The van der Waals surface area contributed by atoms with E-state index in [-0.39, 0.29) is 22.9 Å². The topological polar surface area (TPSA) is 70.6 Å². The van der Waals surface area contributed by atoms with Crippen molar-refractivity contribution in [1.82, 2.24) is 10.6 Å². The first-order chi connectivity index (χ1) is 8.30. The molecular formula is C13H23N3O2. The Kier molecular flexibility index (Phi) is 4.52. The minimum Gasteiger partial charge on any atom is -0.341 e. The van der Waals surface area contributed by atoms with Crippen LogP contribution in [0.15, 0.2) is 4.99 Å². The smallest absolute Gasteiger partial charge is 0.314 e. The van der Waals surface area contributed by atoms with Crippen LogP contribution in [-0.2, 0) is 4.79 Å². The van der Waals surface area contributed by atoms with Crippen molar-refractivity contribution in [2.75, 3.05) is 13.6 Å². The summed E-state index contributed by atoms with van der Waals surface area (Å²) in [4.78, 5) is 25.6. The molecule has 5 nitrogen and oxygen atoms in total. The van der Waals surface area contributed by atoms with E-state index in [0.29, 0.717) is 6.54 Å². The Hall–Kier alpha value is -1.35. The number of carbonyl (C=O) groups excluding carboxylic acids is 2. The van der Waals surface area contributed by atoms with Gasteiger partial charge in [-0.3, -0.25) is 0 Å². The lowest BCUT2D eigenvalue weighted by Crippen LogP contribution is -2.46. The second-order valence-corrected chi connectivity index (χ2v) is 6.37. The predicted octanol–water partition coefficient (Wildman–Crippen LogP) is 1.84. The summed E-state index contributed by atoms with van der Waals surface area (Å²) in [5.74, 6) is 0. The van der Waals surface area contributed by atoms with Crippen molar-refractivity contribution >= 4 is 12.1 Å². The van der Waals surface area contributed by atoms with Crippen LogP contribution in [0.4, 0.5) is 4.79 Å². The molecule has 0 spiro atoms. The van der Waals surface area contributed by atoms with E-state index in [0.717, 1.165) is 19.3 Å². The fraction of sp³-hybridized carbons (Fsp3) is 0.846. The van der Waals surface area contributed by atoms with Gasteiger partial charge >= 0.3 is 6.03 Å². The first kappa shape index (κ1) is 14.7. The number of carbonyl (C=O) groups is 1. The van der Waals surface area contributed by atoms with Crippen LogP contribution in [-0.4, -0.2) is 31.7 Å². The molecule has 0 radical (unpaired) electrons. The molecular weight excluding hydrogens is 230 g/mol. The Morgan fingerprint density at radius 3 is 2.61 bits per heavy atom. The highest BCUT2D eigenvalue weighted by molar-refractivity contribution is 5.73. The molecule has 2 unspecified atom stereocenters.